The Morgan fingerprint density at radius 2 is 1.65 bits per heavy atom. The maximum absolute atomic E-state index is 13.4. The first kappa shape index (κ1) is 23.5. The van der Waals surface area contributed by atoms with E-state index in [0.717, 1.165) is 8.47 Å². The second kappa shape index (κ2) is 9.67. The Kier molecular flexibility index (Phi) is 6.68. The molecule has 34 heavy (non-hydrogen) atoms. The quantitative estimate of drug-likeness (QED) is 0.189. The zero-order valence-electron chi connectivity index (χ0n) is 17.6. The van der Waals surface area contributed by atoms with Crippen LogP contribution < -0.4 is 4.90 Å². The number of hydrogen-bond donors (Lipinski definition) is 0. The van der Waals surface area contributed by atoms with Gasteiger partial charge in [-0.2, -0.15) is 0 Å². The molecule has 1 aliphatic heterocycles. The summed E-state index contributed by atoms with van der Waals surface area (Å²) in [6.45, 7) is -0.0552. The van der Waals surface area contributed by atoms with E-state index in [1.807, 2.05) is 0 Å². The van der Waals surface area contributed by atoms with Gasteiger partial charge < -0.3 is 4.90 Å². The number of amides is 3. The highest BCUT2D eigenvalue weighted by atomic mass is 127. The van der Waals surface area contributed by atoms with Crippen LogP contribution in [0.15, 0.2) is 72.8 Å². The van der Waals surface area contributed by atoms with E-state index in [2.05, 4.69) is 22.6 Å². The van der Waals surface area contributed by atoms with Crippen molar-refractivity contribution in [2.75, 3.05) is 4.90 Å². The summed E-state index contributed by atoms with van der Waals surface area (Å²) in [6.07, 6.45) is -0.218. The van der Waals surface area contributed by atoms with E-state index in [1.165, 1.54) is 53.4 Å². The van der Waals surface area contributed by atoms with Gasteiger partial charge in [-0.1, -0.05) is 12.1 Å². The second-order valence-electron chi connectivity index (χ2n) is 7.63. The molecule has 0 bridgehead atoms. The Morgan fingerprint density at radius 3 is 2.24 bits per heavy atom. The Bertz CT molecular complexity index is 1260. The minimum absolute atomic E-state index is 0.0552. The number of benzene rings is 3. The van der Waals surface area contributed by atoms with Gasteiger partial charge in [-0.3, -0.25) is 24.5 Å². The van der Waals surface area contributed by atoms with Crippen LogP contribution in [-0.4, -0.2) is 33.6 Å². The summed E-state index contributed by atoms with van der Waals surface area (Å²) in [7, 11) is 0. The standard InChI is InChI=1S/C24H17FIN3O5/c25-17-5-1-15(2-6-17)14-27(23(31)16-3-9-20(10-4-16)29(33)34)21-13-22(30)28(24(21)32)19-11-7-18(26)8-12-19/h1-12,21H,13-14H2. The number of nitrogens with zero attached hydrogens (tertiary/aromatic N) is 3. The number of halogens is 2. The minimum atomic E-state index is -1.08. The van der Waals surface area contributed by atoms with Gasteiger partial charge in [0.15, 0.2) is 0 Å². The molecule has 1 heterocycles. The molecule has 8 nitrogen and oxygen atoms in total. The smallest absolute Gasteiger partial charge is 0.269 e. The van der Waals surface area contributed by atoms with Crippen molar-refractivity contribution in [2.24, 2.45) is 0 Å². The number of carbonyl (C=O) groups excluding carboxylic acids is 3. The normalized spacial score (nSPS) is 15.5. The number of nitro groups is 1. The first-order valence-electron chi connectivity index (χ1n) is 10.2. The highest BCUT2D eigenvalue weighted by Gasteiger charge is 2.44. The molecule has 4 rings (SSSR count). The van der Waals surface area contributed by atoms with Gasteiger partial charge in [0.1, 0.15) is 11.9 Å². The number of imide groups is 1. The van der Waals surface area contributed by atoms with Crippen molar-refractivity contribution < 1.29 is 23.7 Å². The summed E-state index contributed by atoms with van der Waals surface area (Å²) in [5, 5.41) is 11.0. The molecule has 0 N–H and O–H groups in total. The van der Waals surface area contributed by atoms with Crippen molar-refractivity contribution in [3.8, 4) is 0 Å². The van der Waals surface area contributed by atoms with Crippen LogP contribution in [0.1, 0.15) is 22.3 Å². The fourth-order valence-electron chi connectivity index (χ4n) is 3.72. The lowest BCUT2D eigenvalue weighted by Crippen LogP contribution is -2.45. The second-order valence-corrected chi connectivity index (χ2v) is 8.87. The molecule has 1 aliphatic rings. The van der Waals surface area contributed by atoms with E-state index >= 15 is 0 Å². The summed E-state index contributed by atoms with van der Waals surface area (Å²) < 4.78 is 14.3. The third-order valence-electron chi connectivity index (χ3n) is 5.44. The molecule has 172 valence electrons. The number of rotatable bonds is 6. The summed E-state index contributed by atoms with van der Waals surface area (Å²) >= 11 is 2.11. The van der Waals surface area contributed by atoms with Crippen LogP contribution in [0.3, 0.4) is 0 Å². The van der Waals surface area contributed by atoms with Crippen molar-refractivity contribution in [3.63, 3.8) is 0 Å². The third kappa shape index (κ3) is 4.81. The number of hydrogen-bond acceptors (Lipinski definition) is 5. The molecular formula is C24H17FIN3O5. The fraction of sp³-hybridized carbons (Fsp3) is 0.125. The molecule has 0 spiro atoms. The molecule has 1 fully saturated rings. The van der Waals surface area contributed by atoms with Gasteiger partial charge in [-0.05, 0) is 76.7 Å². The molecule has 0 saturated carbocycles. The lowest BCUT2D eigenvalue weighted by Gasteiger charge is -2.28. The summed E-state index contributed by atoms with van der Waals surface area (Å²) in [6, 6.07) is 16.2. The monoisotopic (exact) mass is 573 g/mol. The van der Waals surface area contributed by atoms with Gasteiger partial charge in [-0.15, -0.1) is 0 Å². The molecule has 0 aromatic heterocycles. The molecule has 1 atom stereocenters. The molecular weight excluding hydrogens is 556 g/mol. The van der Waals surface area contributed by atoms with Crippen LogP contribution in [0.2, 0.25) is 0 Å². The molecule has 0 aliphatic carbocycles. The first-order chi connectivity index (χ1) is 16.2. The predicted octanol–water partition coefficient (Wildman–Crippen LogP) is 4.31. The topological polar surface area (TPSA) is 101 Å². The maximum Gasteiger partial charge on any atom is 0.269 e. The van der Waals surface area contributed by atoms with Gasteiger partial charge in [-0.25, -0.2) is 9.29 Å². The highest BCUT2D eigenvalue weighted by molar-refractivity contribution is 14.1. The fourth-order valence-corrected chi connectivity index (χ4v) is 4.08. The van der Waals surface area contributed by atoms with Crippen molar-refractivity contribution in [1.29, 1.82) is 0 Å². The maximum atomic E-state index is 13.4. The molecule has 3 aromatic carbocycles. The Hall–Kier alpha value is -3.67. The Morgan fingerprint density at radius 1 is 1.03 bits per heavy atom. The van der Waals surface area contributed by atoms with Crippen LogP contribution in [-0.2, 0) is 16.1 Å². The number of carbonyl (C=O) groups is 3. The molecule has 3 amide bonds. The van der Waals surface area contributed by atoms with Gasteiger partial charge in [0.25, 0.3) is 17.5 Å². The third-order valence-corrected chi connectivity index (χ3v) is 6.16. The van der Waals surface area contributed by atoms with Crippen molar-refractivity contribution in [2.45, 2.75) is 19.0 Å². The van der Waals surface area contributed by atoms with Crippen molar-refractivity contribution in [1.82, 2.24) is 4.90 Å². The van der Waals surface area contributed by atoms with Gasteiger partial charge in [0.2, 0.25) is 5.91 Å². The Labute approximate surface area is 207 Å². The lowest BCUT2D eigenvalue weighted by atomic mass is 10.1. The number of nitro benzene ring substituents is 1. The molecule has 3 aromatic rings. The van der Waals surface area contributed by atoms with Gasteiger partial charge in [0.05, 0.1) is 17.0 Å². The molecule has 0 radical (unpaired) electrons. The largest absolute Gasteiger partial charge is 0.322 e. The SMILES string of the molecule is O=C1CC(N(Cc2ccc(F)cc2)C(=O)c2ccc([N+](=O)[O-])cc2)C(=O)N1c1ccc(I)cc1. The van der Waals surface area contributed by atoms with Gasteiger partial charge in [0, 0.05) is 27.8 Å². The minimum Gasteiger partial charge on any atom is -0.322 e. The zero-order valence-corrected chi connectivity index (χ0v) is 19.7. The Balaban J connectivity index is 1.68. The van der Waals surface area contributed by atoms with E-state index in [1.54, 1.807) is 24.3 Å². The van der Waals surface area contributed by atoms with E-state index in [0.29, 0.717) is 11.3 Å². The summed E-state index contributed by atoms with van der Waals surface area (Å²) in [5.41, 5.74) is 0.909. The van der Waals surface area contributed by atoms with E-state index < -0.39 is 34.5 Å². The summed E-state index contributed by atoms with van der Waals surface area (Å²) in [5.74, 6) is -2.02. The van der Waals surface area contributed by atoms with Crippen LogP contribution in [0.25, 0.3) is 0 Å². The molecule has 1 unspecified atom stereocenters. The number of non-ortho nitro benzene ring substituents is 1. The van der Waals surface area contributed by atoms with Crippen molar-refractivity contribution in [3.05, 3.63) is 103 Å². The molecule has 10 heteroatoms. The van der Waals surface area contributed by atoms with Crippen LogP contribution in [0, 0.1) is 19.5 Å². The van der Waals surface area contributed by atoms with E-state index in [-0.39, 0.29) is 24.2 Å². The number of anilines is 1. The lowest BCUT2D eigenvalue weighted by molar-refractivity contribution is -0.384. The predicted molar refractivity (Wildman–Crippen MR) is 129 cm³/mol. The van der Waals surface area contributed by atoms with E-state index in [9.17, 15) is 28.9 Å². The highest BCUT2D eigenvalue weighted by Crippen LogP contribution is 2.28. The van der Waals surface area contributed by atoms with E-state index in [4.69, 9.17) is 0 Å². The van der Waals surface area contributed by atoms with Crippen LogP contribution in [0.5, 0.6) is 0 Å². The summed E-state index contributed by atoms with van der Waals surface area (Å²) in [4.78, 5) is 52.2. The average molecular weight is 573 g/mol. The molecule has 1 saturated heterocycles. The zero-order chi connectivity index (χ0) is 24.4. The first-order valence-corrected chi connectivity index (χ1v) is 11.2. The van der Waals surface area contributed by atoms with Crippen LogP contribution >= 0.6 is 22.6 Å². The van der Waals surface area contributed by atoms with Crippen LogP contribution in [0.4, 0.5) is 15.8 Å². The average Bonchev–Trinajstić information content (AvgIpc) is 3.12. The van der Waals surface area contributed by atoms with Crippen molar-refractivity contribution >= 4 is 51.7 Å². The van der Waals surface area contributed by atoms with Gasteiger partial charge >= 0.3 is 0 Å².